The Morgan fingerprint density at radius 3 is 2.59 bits per heavy atom. The number of fused-ring (bicyclic) bond motifs is 1. The first-order chi connectivity index (χ1) is 13.9. The van der Waals surface area contributed by atoms with Gasteiger partial charge in [-0.2, -0.15) is 0 Å². The van der Waals surface area contributed by atoms with Gasteiger partial charge in [-0.15, -0.1) is 0 Å². The molecule has 2 aromatic carbocycles. The lowest BCUT2D eigenvalue weighted by molar-refractivity contribution is -0.116. The van der Waals surface area contributed by atoms with Crippen molar-refractivity contribution in [2.75, 3.05) is 6.54 Å². The number of pyridine rings is 1. The van der Waals surface area contributed by atoms with Crippen LogP contribution in [0.4, 0.5) is 4.39 Å². The number of nitrogens with one attached hydrogen (secondary N) is 2. The van der Waals surface area contributed by atoms with Crippen molar-refractivity contribution >= 4 is 16.7 Å². The van der Waals surface area contributed by atoms with Crippen LogP contribution >= 0.6 is 0 Å². The lowest BCUT2D eigenvalue weighted by atomic mass is 9.87. The van der Waals surface area contributed by atoms with E-state index in [0.29, 0.717) is 29.6 Å². The maximum absolute atomic E-state index is 14.1. The third-order valence-electron chi connectivity index (χ3n) is 5.51. The Kier molecular flexibility index (Phi) is 5.05. The van der Waals surface area contributed by atoms with Crippen LogP contribution in [0, 0.1) is 11.7 Å². The monoisotopic (exact) mass is 390 g/mol. The third-order valence-corrected chi connectivity index (χ3v) is 5.51. The minimum Gasteiger partial charge on any atom is -0.352 e. The zero-order valence-electron chi connectivity index (χ0n) is 16.5. The van der Waals surface area contributed by atoms with Crippen molar-refractivity contribution in [2.24, 2.45) is 5.92 Å². The standard InChI is InChI=1S/C24H23FN2O2/c1-14(2)19(13-17-10-11-26-23(17)28)18-8-9-22(27-24(18)29)16-7-6-15-4-3-5-21(25)20(15)12-16/h3-9,12-14,19H,10-11H2,1-2H3,(H,26,28)(H,27,29)/b17-13-. The van der Waals surface area contributed by atoms with Gasteiger partial charge in [-0.25, -0.2) is 4.39 Å². The topological polar surface area (TPSA) is 62.0 Å². The van der Waals surface area contributed by atoms with Crippen molar-refractivity contribution in [3.8, 4) is 11.3 Å². The van der Waals surface area contributed by atoms with E-state index in [2.05, 4.69) is 10.3 Å². The molecule has 2 N–H and O–H groups in total. The molecule has 0 bridgehead atoms. The van der Waals surface area contributed by atoms with Crippen molar-refractivity contribution in [1.82, 2.24) is 10.3 Å². The minimum atomic E-state index is -0.287. The van der Waals surface area contributed by atoms with Gasteiger partial charge < -0.3 is 10.3 Å². The van der Waals surface area contributed by atoms with Gasteiger partial charge in [-0.3, -0.25) is 9.59 Å². The predicted octanol–water partition coefficient (Wildman–Crippen LogP) is 4.52. The molecule has 148 valence electrons. The maximum atomic E-state index is 14.1. The molecule has 0 aliphatic carbocycles. The molecule has 1 unspecified atom stereocenters. The zero-order valence-corrected chi connectivity index (χ0v) is 16.5. The second-order valence-corrected chi connectivity index (χ2v) is 7.80. The lowest BCUT2D eigenvalue weighted by Gasteiger charge is -2.18. The van der Waals surface area contributed by atoms with Crippen LogP contribution in [0.25, 0.3) is 22.0 Å². The average Bonchev–Trinajstić information content (AvgIpc) is 3.11. The van der Waals surface area contributed by atoms with E-state index < -0.39 is 0 Å². The molecule has 0 radical (unpaired) electrons. The van der Waals surface area contributed by atoms with Crippen LogP contribution in [0.5, 0.6) is 0 Å². The molecule has 1 atom stereocenters. The highest BCUT2D eigenvalue weighted by molar-refractivity contribution is 5.95. The number of hydrogen-bond acceptors (Lipinski definition) is 2. The summed E-state index contributed by atoms with van der Waals surface area (Å²) in [4.78, 5) is 27.8. The predicted molar refractivity (Wildman–Crippen MR) is 113 cm³/mol. The SMILES string of the molecule is CC(C)C(/C=C1/CCNC1=O)c1ccc(-c2ccc3cccc(F)c3c2)[nH]c1=O. The molecule has 4 rings (SSSR count). The highest BCUT2D eigenvalue weighted by atomic mass is 19.1. The molecule has 2 heterocycles. The van der Waals surface area contributed by atoms with Gasteiger partial charge in [0.1, 0.15) is 5.82 Å². The van der Waals surface area contributed by atoms with Crippen LogP contribution in [-0.4, -0.2) is 17.4 Å². The second kappa shape index (κ2) is 7.66. The molecule has 1 fully saturated rings. The molecule has 1 aliphatic rings. The average molecular weight is 390 g/mol. The molecule has 0 saturated carbocycles. The maximum Gasteiger partial charge on any atom is 0.252 e. The number of aromatic nitrogens is 1. The minimum absolute atomic E-state index is 0.0538. The van der Waals surface area contributed by atoms with E-state index in [0.717, 1.165) is 16.5 Å². The number of benzene rings is 2. The molecule has 29 heavy (non-hydrogen) atoms. The van der Waals surface area contributed by atoms with E-state index in [1.165, 1.54) is 6.07 Å². The molecule has 1 aliphatic heterocycles. The summed E-state index contributed by atoms with van der Waals surface area (Å²) in [6.45, 7) is 4.71. The lowest BCUT2D eigenvalue weighted by Crippen LogP contribution is -2.20. The van der Waals surface area contributed by atoms with Crippen LogP contribution in [0.2, 0.25) is 0 Å². The van der Waals surface area contributed by atoms with E-state index in [1.54, 1.807) is 12.1 Å². The summed E-state index contributed by atoms with van der Waals surface area (Å²) in [5.74, 6) is -0.329. The van der Waals surface area contributed by atoms with Gasteiger partial charge >= 0.3 is 0 Å². The third kappa shape index (κ3) is 3.73. The van der Waals surface area contributed by atoms with Gasteiger partial charge in [-0.05, 0) is 41.5 Å². The van der Waals surface area contributed by atoms with Gasteiger partial charge in [0.05, 0.1) is 0 Å². The molecule has 1 aromatic heterocycles. The summed E-state index contributed by atoms with van der Waals surface area (Å²) in [5, 5.41) is 4.14. The van der Waals surface area contributed by atoms with Crippen LogP contribution in [0.15, 0.2) is 65.0 Å². The fraction of sp³-hybridized carbons (Fsp3) is 0.250. The number of H-pyrrole nitrogens is 1. The number of carbonyl (C=O) groups is 1. The van der Waals surface area contributed by atoms with Crippen molar-refractivity contribution in [2.45, 2.75) is 26.2 Å². The number of amides is 1. The molecule has 1 saturated heterocycles. The molecule has 3 aromatic rings. The molecule has 5 heteroatoms. The largest absolute Gasteiger partial charge is 0.352 e. The summed E-state index contributed by atoms with van der Waals surface area (Å²) in [6, 6.07) is 14.1. The first-order valence-electron chi connectivity index (χ1n) is 9.85. The Balaban J connectivity index is 1.73. The number of aromatic amines is 1. The fourth-order valence-corrected chi connectivity index (χ4v) is 3.87. The number of carbonyl (C=O) groups excluding carboxylic acids is 1. The summed E-state index contributed by atoms with van der Waals surface area (Å²) in [7, 11) is 0. The van der Waals surface area contributed by atoms with Crippen molar-refractivity contribution in [1.29, 1.82) is 0 Å². The number of halogens is 1. The van der Waals surface area contributed by atoms with E-state index in [1.807, 2.05) is 50.3 Å². The van der Waals surface area contributed by atoms with Crippen LogP contribution in [-0.2, 0) is 4.79 Å². The molecule has 0 spiro atoms. The fourth-order valence-electron chi connectivity index (χ4n) is 3.87. The number of hydrogen-bond donors (Lipinski definition) is 2. The van der Waals surface area contributed by atoms with Gasteiger partial charge in [0.25, 0.3) is 5.56 Å². The Labute approximate surface area is 168 Å². The molecular weight excluding hydrogens is 367 g/mol. The van der Waals surface area contributed by atoms with Gasteiger partial charge in [0.15, 0.2) is 0 Å². The van der Waals surface area contributed by atoms with Gasteiger partial charge in [0.2, 0.25) is 5.91 Å². The summed E-state index contributed by atoms with van der Waals surface area (Å²) < 4.78 is 14.1. The van der Waals surface area contributed by atoms with Crippen molar-refractivity contribution in [3.63, 3.8) is 0 Å². The van der Waals surface area contributed by atoms with E-state index in [4.69, 9.17) is 0 Å². The number of allylic oxidation sites excluding steroid dienone is 1. The number of rotatable bonds is 4. The quantitative estimate of drug-likeness (QED) is 0.644. The summed E-state index contributed by atoms with van der Waals surface area (Å²) >= 11 is 0. The normalized spacial score (nSPS) is 16.6. The van der Waals surface area contributed by atoms with E-state index >= 15 is 0 Å². The van der Waals surface area contributed by atoms with Crippen LogP contribution in [0.3, 0.4) is 0 Å². The van der Waals surface area contributed by atoms with Crippen LogP contribution in [0.1, 0.15) is 31.7 Å². The molecule has 1 amide bonds. The highest BCUT2D eigenvalue weighted by Gasteiger charge is 2.22. The summed E-state index contributed by atoms with van der Waals surface area (Å²) in [6.07, 6.45) is 2.60. The van der Waals surface area contributed by atoms with E-state index in [-0.39, 0.29) is 29.1 Å². The summed E-state index contributed by atoms with van der Waals surface area (Å²) in [5.41, 5.74) is 2.56. The highest BCUT2D eigenvalue weighted by Crippen LogP contribution is 2.29. The Bertz CT molecular complexity index is 1180. The second-order valence-electron chi connectivity index (χ2n) is 7.80. The first-order valence-corrected chi connectivity index (χ1v) is 9.85. The van der Waals surface area contributed by atoms with Gasteiger partial charge in [-0.1, -0.05) is 50.3 Å². The zero-order chi connectivity index (χ0) is 20.5. The smallest absolute Gasteiger partial charge is 0.252 e. The Morgan fingerprint density at radius 1 is 1.07 bits per heavy atom. The van der Waals surface area contributed by atoms with E-state index in [9.17, 15) is 14.0 Å². The Hall–Kier alpha value is -3.21. The first kappa shape index (κ1) is 19.1. The molecule has 4 nitrogen and oxygen atoms in total. The van der Waals surface area contributed by atoms with Crippen LogP contribution < -0.4 is 10.9 Å². The van der Waals surface area contributed by atoms with Gasteiger partial charge in [0, 0.05) is 34.7 Å². The van der Waals surface area contributed by atoms with Crippen molar-refractivity contribution in [3.05, 3.63) is 81.9 Å². The Morgan fingerprint density at radius 2 is 1.90 bits per heavy atom. The molecular formula is C24H23FN2O2. The van der Waals surface area contributed by atoms with Crippen molar-refractivity contribution < 1.29 is 9.18 Å².